The van der Waals surface area contributed by atoms with Crippen LogP contribution in [-0.4, -0.2) is 37.4 Å². The molecule has 0 aliphatic carbocycles. The fraction of sp³-hybridized carbons (Fsp3) is 0.125. The Morgan fingerprint density at radius 3 is 1.96 bits per heavy atom. The van der Waals surface area contributed by atoms with Crippen LogP contribution < -0.4 is 10.5 Å². The maximum absolute atomic E-state index is 12.3. The van der Waals surface area contributed by atoms with Crippen molar-refractivity contribution >= 4 is 21.8 Å². The first-order valence-corrected chi connectivity index (χ1v) is 8.46. The highest BCUT2D eigenvalue weighted by Crippen LogP contribution is 2.11. The Hall–Kier alpha value is -2.55. The standard InChI is InChI=1S/C16H16N2O5S/c17-13(15(19)11-7-3-1-4-8-11)14(16(20)21)18-24(22,23)12-9-5-2-6-10-12/h1-10,13-14,18H,17H2,(H,20,21). The average molecular weight is 348 g/mol. The van der Waals surface area contributed by atoms with E-state index in [1.807, 2.05) is 4.72 Å². The molecule has 0 amide bonds. The summed E-state index contributed by atoms with van der Waals surface area (Å²) in [6, 6.07) is 11.7. The number of Topliss-reactive ketones (excluding diaryl/α,β-unsaturated/α-hetero) is 1. The molecule has 0 heterocycles. The van der Waals surface area contributed by atoms with E-state index in [0.717, 1.165) is 0 Å². The lowest BCUT2D eigenvalue weighted by atomic mass is 9.99. The van der Waals surface area contributed by atoms with Gasteiger partial charge in [-0.1, -0.05) is 48.5 Å². The molecule has 2 aromatic rings. The van der Waals surface area contributed by atoms with Crippen molar-refractivity contribution in [3.8, 4) is 0 Å². The third kappa shape index (κ3) is 4.05. The minimum atomic E-state index is -4.13. The van der Waals surface area contributed by atoms with E-state index in [9.17, 15) is 23.1 Å². The normalized spacial score (nSPS) is 13.9. The van der Waals surface area contributed by atoms with E-state index < -0.39 is 33.9 Å². The molecule has 0 aliphatic heterocycles. The van der Waals surface area contributed by atoms with Gasteiger partial charge in [-0.2, -0.15) is 4.72 Å². The van der Waals surface area contributed by atoms with Gasteiger partial charge in [-0.15, -0.1) is 0 Å². The molecule has 2 aromatic carbocycles. The molecule has 2 rings (SSSR count). The zero-order chi connectivity index (χ0) is 17.7. The number of rotatable bonds is 7. The molecule has 0 bridgehead atoms. The minimum Gasteiger partial charge on any atom is -0.480 e. The van der Waals surface area contributed by atoms with Crippen molar-refractivity contribution < 1.29 is 23.1 Å². The van der Waals surface area contributed by atoms with Gasteiger partial charge in [0.25, 0.3) is 0 Å². The number of carboxylic acids is 1. The van der Waals surface area contributed by atoms with Gasteiger partial charge in [-0.25, -0.2) is 8.42 Å². The number of nitrogens with two attached hydrogens (primary N) is 1. The van der Waals surface area contributed by atoms with Crippen LogP contribution in [0.2, 0.25) is 0 Å². The lowest BCUT2D eigenvalue weighted by Crippen LogP contribution is -2.55. The van der Waals surface area contributed by atoms with E-state index in [4.69, 9.17) is 5.73 Å². The Labute approximate surface area is 139 Å². The molecule has 0 saturated carbocycles. The van der Waals surface area contributed by atoms with Gasteiger partial charge >= 0.3 is 5.97 Å². The van der Waals surface area contributed by atoms with Crippen LogP contribution in [0.15, 0.2) is 65.6 Å². The lowest BCUT2D eigenvalue weighted by Gasteiger charge is -2.20. The Balaban J connectivity index is 2.27. The van der Waals surface area contributed by atoms with Crippen molar-refractivity contribution in [1.29, 1.82) is 0 Å². The van der Waals surface area contributed by atoms with Crippen molar-refractivity contribution in [3.63, 3.8) is 0 Å². The third-order valence-electron chi connectivity index (χ3n) is 3.32. The molecular formula is C16H16N2O5S. The Morgan fingerprint density at radius 2 is 1.46 bits per heavy atom. The first-order valence-electron chi connectivity index (χ1n) is 6.98. The van der Waals surface area contributed by atoms with Crippen molar-refractivity contribution in [2.45, 2.75) is 17.0 Å². The summed E-state index contributed by atoms with van der Waals surface area (Å²) >= 11 is 0. The highest BCUT2D eigenvalue weighted by Gasteiger charge is 2.35. The van der Waals surface area contributed by atoms with Gasteiger partial charge in [-0.3, -0.25) is 9.59 Å². The molecule has 24 heavy (non-hydrogen) atoms. The molecular weight excluding hydrogens is 332 g/mol. The largest absolute Gasteiger partial charge is 0.480 e. The zero-order valence-corrected chi connectivity index (χ0v) is 13.3. The van der Waals surface area contributed by atoms with Crippen LogP contribution in [0, 0.1) is 0 Å². The maximum atomic E-state index is 12.3. The fourth-order valence-electron chi connectivity index (χ4n) is 2.06. The topological polar surface area (TPSA) is 127 Å². The number of hydrogen-bond donors (Lipinski definition) is 3. The number of hydrogen-bond acceptors (Lipinski definition) is 5. The van der Waals surface area contributed by atoms with Crippen LogP contribution in [0.3, 0.4) is 0 Å². The summed E-state index contributed by atoms with van der Waals surface area (Å²) < 4.78 is 26.5. The smallest absolute Gasteiger partial charge is 0.323 e. The number of carbonyl (C=O) groups excluding carboxylic acids is 1. The van der Waals surface area contributed by atoms with Crippen LogP contribution in [0.5, 0.6) is 0 Å². The summed E-state index contributed by atoms with van der Waals surface area (Å²) in [5, 5.41) is 9.29. The van der Waals surface area contributed by atoms with Crippen molar-refractivity contribution in [1.82, 2.24) is 4.72 Å². The van der Waals surface area contributed by atoms with Gasteiger partial charge in [0.15, 0.2) is 5.78 Å². The molecule has 7 nitrogen and oxygen atoms in total. The molecule has 126 valence electrons. The van der Waals surface area contributed by atoms with E-state index in [0.29, 0.717) is 0 Å². The predicted octanol–water partition coefficient (Wildman–Crippen LogP) is 0.628. The van der Waals surface area contributed by atoms with Crippen LogP contribution >= 0.6 is 0 Å². The van der Waals surface area contributed by atoms with Crippen molar-refractivity contribution in [3.05, 3.63) is 66.2 Å². The van der Waals surface area contributed by atoms with E-state index in [1.165, 1.54) is 36.4 Å². The second-order valence-corrected chi connectivity index (χ2v) is 6.72. The second-order valence-electron chi connectivity index (χ2n) is 5.01. The average Bonchev–Trinajstić information content (AvgIpc) is 2.60. The van der Waals surface area contributed by atoms with Gasteiger partial charge < -0.3 is 10.8 Å². The first kappa shape index (κ1) is 17.8. The lowest BCUT2D eigenvalue weighted by molar-refractivity contribution is -0.139. The summed E-state index contributed by atoms with van der Waals surface area (Å²) in [6.07, 6.45) is 0. The molecule has 2 unspecified atom stereocenters. The van der Waals surface area contributed by atoms with Crippen molar-refractivity contribution in [2.24, 2.45) is 5.73 Å². The molecule has 0 fully saturated rings. The molecule has 0 aromatic heterocycles. The zero-order valence-electron chi connectivity index (χ0n) is 12.5. The second kappa shape index (κ2) is 7.35. The van der Waals surface area contributed by atoms with Crippen molar-refractivity contribution in [2.75, 3.05) is 0 Å². The fourth-order valence-corrected chi connectivity index (χ4v) is 3.29. The highest BCUT2D eigenvalue weighted by atomic mass is 32.2. The van der Waals surface area contributed by atoms with Gasteiger partial charge in [-0.05, 0) is 12.1 Å². The quantitative estimate of drug-likeness (QED) is 0.630. The van der Waals surface area contributed by atoms with E-state index in [2.05, 4.69) is 0 Å². The van der Waals surface area contributed by atoms with Crippen LogP contribution in [0.25, 0.3) is 0 Å². The van der Waals surface area contributed by atoms with Gasteiger partial charge in [0.2, 0.25) is 10.0 Å². The molecule has 0 saturated heterocycles. The summed E-state index contributed by atoms with van der Waals surface area (Å²) in [5.74, 6) is -2.20. The Kier molecular flexibility index (Phi) is 5.45. The summed E-state index contributed by atoms with van der Waals surface area (Å²) in [6.45, 7) is 0. The number of ketones is 1. The number of aliphatic carboxylic acids is 1. The maximum Gasteiger partial charge on any atom is 0.323 e. The Morgan fingerprint density at radius 1 is 0.958 bits per heavy atom. The summed E-state index contributed by atoms with van der Waals surface area (Å²) in [4.78, 5) is 23.6. The Bertz CT molecular complexity index is 822. The summed E-state index contributed by atoms with van der Waals surface area (Å²) in [7, 11) is -4.13. The number of sulfonamides is 1. The highest BCUT2D eigenvalue weighted by molar-refractivity contribution is 7.89. The van der Waals surface area contributed by atoms with Gasteiger partial charge in [0.1, 0.15) is 6.04 Å². The van der Waals surface area contributed by atoms with Crippen LogP contribution in [-0.2, 0) is 14.8 Å². The molecule has 8 heteroatoms. The number of carbonyl (C=O) groups is 2. The minimum absolute atomic E-state index is 0.115. The molecule has 4 N–H and O–H groups in total. The molecule has 0 aliphatic rings. The molecule has 0 radical (unpaired) electrons. The van der Waals surface area contributed by atoms with Crippen LogP contribution in [0.1, 0.15) is 10.4 Å². The van der Waals surface area contributed by atoms with Gasteiger partial charge in [0, 0.05) is 5.56 Å². The van der Waals surface area contributed by atoms with E-state index >= 15 is 0 Å². The molecule has 0 spiro atoms. The molecule has 2 atom stereocenters. The monoisotopic (exact) mass is 348 g/mol. The summed E-state index contributed by atoms with van der Waals surface area (Å²) in [5.41, 5.74) is 5.93. The SMILES string of the molecule is NC(C(=O)c1ccccc1)C(NS(=O)(=O)c1ccccc1)C(=O)O. The van der Waals surface area contributed by atoms with Crippen LogP contribution in [0.4, 0.5) is 0 Å². The predicted molar refractivity (Wildman–Crippen MR) is 86.9 cm³/mol. The number of nitrogens with one attached hydrogen (secondary N) is 1. The first-order chi connectivity index (χ1) is 11.3. The van der Waals surface area contributed by atoms with E-state index in [1.54, 1.807) is 24.3 Å². The van der Waals surface area contributed by atoms with E-state index in [-0.39, 0.29) is 10.5 Å². The number of benzene rings is 2. The number of carboxylic acid groups (broad SMARTS) is 1. The third-order valence-corrected chi connectivity index (χ3v) is 4.78. The van der Waals surface area contributed by atoms with Gasteiger partial charge in [0.05, 0.1) is 10.9 Å².